The van der Waals surface area contributed by atoms with E-state index in [2.05, 4.69) is 53.8 Å². The lowest BCUT2D eigenvalue weighted by atomic mass is 9.79. The molecule has 0 bridgehead atoms. The molecule has 9 heteroatoms. The summed E-state index contributed by atoms with van der Waals surface area (Å²) < 4.78 is 5.84. The fraction of sp³-hybridized carbons (Fsp3) is 0.611. The van der Waals surface area contributed by atoms with E-state index >= 15 is 0 Å². The van der Waals surface area contributed by atoms with Gasteiger partial charge in [-0.15, -0.1) is 0 Å². The summed E-state index contributed by atoms with van der Waals surface area (Å²) in [5.74, 6) is 0.628. The molecule has 0 radical (unpaired) electrons. The number of benzene rings is 1. The fourth-order valence-electron chi connectivity index (χ4n) is 5.59. The largest absolute Gasteiger partial charge is 0.489 e. The minimum absolute atomic E-state index is 0.0204. The van der Waals surface area contributed by atoms with Gasteiger partial charge in [0.05, 0.1) is 23.7 Å². The molecule has 0 aromatic heterocycles. The van der Waals surface area contributed by atoms with Gasteiger partial charge in [-0.05, 0) is 92.9 Å². The maximum absolute atomic E-state index is 14.4. The lowest BCUT2D eigenvalue weighted by Gasteiger charge is -2.37. The van der Waals surface area contributed by atoms with Gasteiger partial charge in [-0.3, -0.25) is 20.0 Å². The summed E-state index contributed by atoms with van der Waals surface area (Å²) in [7, 11) is 0. The Kier molecular flexibility index (Phi) is 12.1. The summed E-state index contributed by atoms with van der Waals surface area (Å²) >= 11 is 6.62. The van der Waals surface area contributed by atoms with Crippen molar-refractivity contribution in [2.24, 2.45) is 27.5 Å². The number of nitrogens with zero attached hydrogens (tertiary/aromatic N) is 2. The van der Waals surface area contributed by atoms with E-state index in [1.807, 2.05) is 43.0 Å². The van der Waals surface area contributed by atoms with Crippen LogP contribution < -0.4 is 15.8 Å². The molecule has 2 aliphatic rings. The van der Waals surface area contributed by atoms with Gasteiger partial charge in [0.25, 0.3) is 5.91 Å². The maximum atomic E-state index is 14.4. The summed E-state index contributed by atoms with van der Waals surface area (Å²) in [6, 6.07) is 5.31. The summed E-state index contributed by atoms with van der Waals surface area (Å²) in [5.41, 5.74) is 8.53. The predicted molar refractivity (Wildman–Crippen MR) is 185 cm³/mol. The Morgan fingerprint density at radius 3 is 2.36 bits per heavy atom. The van der Waals surface area contributed by atoms with Crippen LogP contribution in [0.5, 0.6) is 5.75 Å². The Bertz CT molecular complexity index is 1350. The molecule has 248 valence electrons. The standard InChI is InChI=1S/C36H54ClN5O3/c1-22(2)45-29-16-15-26(20-27(29)37)32-34(44)42(31(41-32)17-10-23(3)36(7,8)9)28(18-19-35(4,5)6)24-11-13-25(14-12-24)33(43)40-21-30(38)39/h11,13,15-16,20,22-23,28,31H,10,12,14,17-19,21H2,1-9H3,(H3,38,39)(H,40,43). The van der Waals surface area contributed by atoms with Crippen LogP contribution in [0.2, 0.25) is 5.02 Å². The zero-order chi connectivity index (χ0) is 33.7. The van der Waals surface area contributed by atoms with Crippen molar-refractivity contribution in [3.8, 4) is 5.75 Å². The molecule has 1 aromatic carbocycles. The molecule has 3 rings (SSSR count). The number of allylic oxidation sites excluding steroid dienone is 2. The van der Waals surface area contributed by atoms with Gasteiger partial charge in [0.2, 0.25) is 5.91 Å². The summed E-state index contributed by atoms with van der Waals surface area (Å²) in [5, 5.41) is 10.6. The molecule has 8 nitrogen and oxygen atoms in total. The maximum Gasteiger partial charge on any atom is 0.274 e. The minimum atomic E-state index is -0.308. The number of carbonyl (C=O) groups excluding carboxylic acids is 2. The number of hydrogen-bond donors (Lipinski definition) is 3. The van der Waals surface area contributed by atoms with Crippen LogP contribution in [0.25, 0.3) is 0 Å². The number of rotatable bonds is 13. The second-order valence-electron chi connectivity index (χ2n) is 15.1. The molecule has 1 heterocycles. The van der Waals surface area contributed by atoms with Crippen molar-refractivity contribution >= 4 is 35.0 Å². The highest BCUT2D eigenvalue weighted by molar-refractivity contribution is 6.47. The van der Waals surface area contributed by atoms with E-state index in [1.165, 1.54) is 0 Å². The predicted octanol–water partition coefficient (Wildman–Crippen LogP) is 7.44. The first kappa shape index (κ1) is 36.3. The molecule has 0 fully saturated rings. The smallest absolute Gasteiger partial charge is 0.274 e. The third-order valence-electron chi connectivity index (χ3n) is 8.78. The molecule has 1 aliphatic heterocycles. The van der Waals surface area contributed by atoms with Gasteiger partial charge in [0, 0.05) is 11.1 Å². The Labute approximate surface area is 275 Å². The lowest BCUT2D eigenvalue weighted by Crippen LogP contribution is -2.46. The Hall–Kier alpha value is -3.13. The third-order valence-corrected chi connectivity index (χ3v) is 9.08. The lowest BCUT2D eigenvalue weighted by molar-refractivity contribution is -0.126. The van der Waals surface area contributed by atoms with Crippen molar-refractivity contribution in [2.45, 2.75) is 119 Å². The number of hydrogen-bond acceptors (Lipinski definition) is 5. The molecule has 3 atom stereocenters. The van der Waals surface area contributed by atoms with Gasteiger partial charge < -0.3 is 20.7 Å². The van der Waals surface area contributed by atoms with Crippen molar-refractivity contribution in [1.29, 1.82) is 5.41 Å². The van der Waals surface area contributed by atoms with E-state index in [1.54, 1.807) is 6.07 Å². The van der Waals surface area contributed by atoms with Gasteiger partial charge >= 0.3 is 0 Å². The molecule has 0 saturated carbocycles. The van der Waals surface area contributed by atoms with Crippen LogP contribution in [0.1, 0.15) is 106 Å². The van der Waals surface area contributed by atoms with Crippen molar-refractivity contribution in [3.05, 3.63) is 52.1 Å². The SMILES string of the molecule is CC(C)Oc1ccc(C2=NC(CCC(C)C(C)(C)C)N(C(CCC(C)(C)C)C3=CC=C(C(=O)NCC(=N)N)CC3)C2=O)cc1Cl. The van der Waals surface area contributed by atoms with Crippen LogP contribution in [0.4, 0.5) is 0 Å². The Morgan fingerprint density at radius 2 is 1.82 bits per heavy atom. The van der Waals surface area contributed by atoms with Gasteiger partial charge in [0.15, 0.2) is 0 Å². The number of nitrogens with two attached hydrogens (primary N) is 1. The molecule has 3 unspecified atom stereocenters. The first-order valence-corrected chi connectivity index (χ1v) is 16.6. The Balaban J connectivity index is 2.02. The molecule has 1 aromatic rings. The third kappa shape index (κ3) is 10.2. The summed E-state index contributed by atoms with van der Waals surface area (Å²) in [4.78, 5) is 34.2. The number of halogens is 1. The highest BCUT2D eigenvalue weighted by atomic mass is 35.5. The second-order valence-corrected chi connectivity index (χ2v) is 15.5. The van der Waals surface area contributed by atoms with E-state index in [9.17, 15) is 9.59 Å². The van der Waals surface area contributed by atoms with Gasteiger partial charge in [-0.25, -0.2) is 0 Å². The van der Waals surface area contributed by atoms with Gasteiger partial charge in [0.1, 0.15) is 23.5 Å². The normalized spacial score (nSPS) is 18.7. The van der Waals surface area contributed by atoms with Crippen molar-refractivity contribution in [2.75, 3.05) is 6.54 Å². The molecule has 2 amide bonds. The van der Waals surface area contributed by atoms with Crippen LogP contribution in [-0.2, 0) is 9.59 Å². The van der Waals surface area contributed by atoms with Crippen molar-refractivity contribution in [1.82, 2.24) is 10.2 Å². The number of ether oxygens (including phenoxy) is 1. The monoisotopic (exact) mass is 639 g/mol. The fourth-order valence-corrected chi connectivity index (χ4v) is 5.81. The molecule has 1 aliphatic carbocycles. The Morgan fingerprint density at radius 1 is 1.13 bits per heavy atom. The molecular weight excluding hydrogens is 586 g/mol. The molecule has 45 heavy (non-hydrogen) atoms. The molecule has 4 N–H and O–H groups in total. The van der Waals surface area contributed by atoms with E-state index in [4.69, 9.17) is 32.5 Å². The molecule has 0 saturated heterocycles. The highest BCUT2D eigenvalue weighted by Crippen LogP contribution is 2.37. The van der Waals surface area contributed by atoms with E-state index in [-0.39, 0.29) is 53.3 Å². The van der Waals surface area contributed by atoms with Crippen LogP contribution in [-0.4, -0.2) is 53.1 Å². The second kappa shape index (κ2) is 15.0. The first-order chi connectivity index (χ1) is 20.9. The molecular formula is C36H54ClN5O3. The summed E-state index contributed by atoms with van der Waals surface area (Å²) in [6.45, 7) is 19.6. The number of aliphatic imine (C=N–C) groups is 1. The highest BCUT2D eigenvalue weighted by Gasteiger charge is 2.41. The number of carbonyl (C=O) groups is 2. The van der Waals surface area contributed by atoms with Gasteiger partial charge in [-0.1, -0.05) is 72.2 Å². The minimum Gasteiger partial charge on any atom is -0.489 e. The average Bonchev–Trinajstić information content (AvgIpc) is 3.26. The topological polar surface area (TPSA) is 121 Å². The molecule has 0 spiro atoms. The number of amides is 2. The van der Waals surface area contributed by atoms with E-state index in [0.717, 1.165) is 31.3 Å². The van der Waals surface area contributed by atoms with Crippen LogP contribution in [0.15, 0.2) is 46.5 Å². The zero-order valence-corrected chi connectivity index (χ0v) is 29.5. The average molecular weight is 640 g/mol. The van der Waals surface area contributed by atoms with Gasteiger partial charge in [-0.2, -0.15) is 0 Å². The van der Waals surface area contributed by atoms with E-state index < -0.39 is 0 Å². The van der Waals surface area contributed by atoms with Crippen molar-refractivity contribution < 1.29 is 14.3 Å². The quantitative estimate of drug-likeness (QED) is 0.153. The number of nitrogens with one attached hydrogen (secondary N) is 2. The van der Waals surface area contributed by atoms with Crippen molar-refractivity contribution in [3.63, 3.8) is 0 Å². The number of amidine groups is 1. The zero-order valence-electron chi connectivity index (χ0n) is 28.7. The summed E-state index contributed by atoms with van der Waals surface area (Å²) in [6.07, 6.45) is 8.13. The van der Waals surface area contributed by atoms with Crippen LogP contribution >= 0.6 is 11.6 Å². The van der Waals surface area contributed by atoms with E-state index in [0.29, 0.717) is 46.4 Å². The van der Waals surface area contributed by atoms with Crippen LogP contribution in [0.3, 0.4) is 0 Å². The first-order valence-electron chi connectivity index (χ1n) is 16.2. The van der Waals surface area contributed by atoms with Crippen LogP contribution in [0, 0.1) is 22.2 Å².